The summed E-state index contributed by atoms with van der Waals surface area (Å²) in [6.45, 7) is 0.490. The molecule has 1 saturated heterocycles. The summed E-state index contributed by atoms with van der Waals surface area (Å²) in [4.78, 5) is 10.4. The molecule has 0 bridgehead atoms. The van der Waals surface area contributed by atoms with Gasteiger partial charge in [0.15, 0.2) is 6.10 Å². The second kappa shape index (κ2) is 3.69. The van der Waals surface area contributed by atoms with Crippen LogP contribution in [0.5, 0.6) is 0 Å². The maximum atomic E-state index is 10.4. The molecule has 11 heavy (non-hydrogen) atoms. The van der Waals surface area contributed by atoms with Crippen molar-refractivity contribution in [2.24, 2.45) is 0 Å². The van der Waals surface area contributed by atoms with Crippen molar-refractivity contribution in [2.75, 3.05) is 13.7 Å². The summed E-state index contributed by atoms with van der Waals surface area (Å²) in [5.74, 6) is -0.872. The molecule has 1 fully saturated rings. The van der Waals surface area contributed by atoms with Gasteiger partial charge in [0.05, 0.1) is 12.7 Å². The van der Waals surface area contributed by atoms with E-state index >= 15 is 0 Å². The standard InChI is InChI=1S/C7H12O4/c1-10-4-5-2-3-6(11-5)7(8)9/h5-6H,2-4H2,1H3,(H,8,9)/t5-,6-/m0/s1. The third-order valence-electron chi connectivity index (χ3n) is 1.74. The van der Waals surface area contributed by atoms with Crippen LogP contribution < -0.4 is 0 Å². The van der Waals surface area contributed by atoms with Crippen LogP contribution in [0.3, 0.4) is 0 Å². The van der Waals surface area contributed by atoms with Crippen LogP contribution in [0.4, 0.5) is 0 Å². The highest BCUT2D eigenvalue weighted by molar-refractivity contribution is 5.72. The highest BCUT2D eigenvalue weighted by Gasteiger charge is 2.29. The fraction of sp³-hybridized carbons (Fsp3) is 0.857. The zero-order valence-electron chi connectivity index (χ0n) is 6.45. The fourth-order valence-corrected chi connectivity index (χ4v) is 1.20. The Morgan fingerprint density at radius 2 is 2.45 bits per heavy atom. The smallest absolute Gasteiger partial charge is 0.332 e. The van der Waals surface area contributed by atoms with Gasteiger partial charge in [-0.2, -0.15) is 0 Å². The molecule has 0 radical (unpaired) electrons. The number of carbonyl (C=O) groups is 1. The molecule has 1 N–H and O–H groups in total. The van der Waals surface area contributed by atoms with Gasteiger partial charge in [0.1, 0.15) is 0 Å². The van der Waals surface area contributed by atoms with Crippen molar-refractivity contribution in [1.82, 2.24) is 0 Å². The highest BCUT2D eigenvalue weighted by Crippen LogP contribution is 2.19. The van der Waals surface area contributed by atoms with Crippen LogP contribution in [-0.2, 0) is 14.3 Å². The van der Waals surface area contributed by atoms with Crippen molar-refractivity contribution in [3.63, 3.8) is 0 Å². The van der Waals surface area contributed by atoms with E-state index in [1.54, 1.807) is 7.11 Å². The third kappa shape index (κ3) is 2.17. The monoisotopic (exact) mass is 160 g/mol. The van der Waals surface area contributed by atoms with Gasteiger partial charge in [0, 0.05) is 7.11 Å². The van der Waals surface area contributed by atoms with Crippen molar-refractivity contribution < 1.29 is 19.4 Å². The Morgan fingerprint density at radius 1 is 1.73 bits per heavy atom. The van der Waals surface area contributed by atoms with Crippen LogP contribution in [0.1, 0.15) is 12.8 Å². The lowest BCUT2D eigenvalue weighted by molar-refractivity contribution is -0.150. The summed E-state index contributed by atoms with van der Waals surface area (Å²) in [5, 5.41) is 8.53. The Balaban J connectivity index is 2.29. The topological polar surface area (TPSA) is 55.8 Å². The first-order chi connectivity index (χ1) is 5.24. The summed E-state index contributed by atoms with van der Waals surface area (Å²) >= 11 is 0. The van der Waals surface area contributed by atoms with Crippen LogP contribution >= 0.6 is 0 Å². The molecule has 0 saturated carbocycles. The number of methoxy groups -OCH3 is 1. The Hall–Kier alpha value is -0.610. The van der Waals surface area contributed by atoms with E-state index < -0.39 is 12.1 Å². The van der Waals surface area contributed by atoms with Crippen LogP contribution in [-0.4, -0.2) is 37.0 Å². The summed E-state index contributed by atoms with van der Waals surface area (Å²) < 4.78 is 9.97. The van der Waals surface area contributed by atoms with E-state index in [9.17, 15) is 4.79 Å². The maximum Gasteiger partial charge on any atom is 0.332 e. The van der Waals surface area contributed by atoms with Gasteiger partial charge in [-0.05, 0) is 12.8 Å². The number of hydrogen-bond donors (Lipinski definition) is 1. The van der Waals surface area contributed by atoms with Gasteiger partial charge in [-0.1, -0.05) is 0 Å². The minimum atomic E-state index is -0.872. The van der Waals surface area contributed by atoms with Crippen LogP contribution in [0.2, 0.25) is 0 Å². The number of rotatable bonds is 3. The lowest BCUT2D eigenvalue weighted by atomic mass is 10.2. The van der Waals surface area contributed by atoms with Crippen molar-refractivity contribution in [3.8, 4) is 0 Å². The van der Waals surface area contributed by atoms with Crippen LogP contribution in [0.25, 0.3) is 0 Å². The fourth-order valence-electron chi connectivity index (χ4n) is 1.20. The molecule has 0 aromatic rings. The first kappa shape index (κ1) is 8.49. The lowest BCUT2D eigenvalue weighted by Gasteiger charge is -2.08. The number of aliphatic carboxylic acids is 1. The molecule has 0 unspecified atom stereocenters. The lowest BCUT2D eigenvalue weighted by Crippen LogP contribution is -2.22. The summed E-state index contributed by atoms with van der Waals surface area (Å²) in [6, 6.07) is 0. The number of ether oxygens (including phenoxy) is 2. The Bertz CT molecular complexity index is 145. The predicted molar refractivity (Wildman–Crippen MR) is 37.4 cm³/mol. The van der Waals surface area contributed by atoms with Gasteiger partial charge in [-0.3, -0.25) is 0 Å². The molecule has 1 aliphatic heterocycles. The zero-order valence-corrected chi connectivity index (χ0v) is 6.45. The largest absolute Gasteiger partial charge is 0.479 e. The highest BCUT2D eigenvalue weighted by atomic mass is 16.6. The van der Waals surface area contributed by atoms with Crippen molar-refractivity contribution in [2.45, 2.75) is 25.0 Å². The van der Waals surface area contributed by atoms with Crippen LogP contribution in [0.15, 0.2) is 0 Å². The van der Waals surface area contributed by atoms with E-state index in [1.165, 1.54) is 0 Å². The molecular weight excluding hydrogens is 148 g/mol. The summed E-state index contributed by atoms with van der Waals surface area (Å²) in [7, 11) is 1.58. The second-order valence-electron chi connectivity index (χ2n) is 2.62. The van der Waals surface area contributed by atoms with Gasteiger partial charge in [-0.25, -0.2) is 4.79 Å². The van der Waals surface area contributed by atoms with E-state index in [0.29, 0.717) is 13.0 Å². The second-order valence-corrected chi connectivity index (χ2v) is 2.62. The van der Waals surface area contributed by atoms with Crippen molar-refractivity contribution >= 4 is 5.97 Å². The first-order valence-electron chi connectivity index (χ1n) is 3.61. The first-order valence-corrected chi connectivity index (χ1v) is 3.61. The minimum Gasteiger partial charge on any atom is -0.479 e. The molecule has 4 heteroatoms. The van der Waals surface area contributed by atoms with E-state index in [-0.39, 0.29) is 6.10 Å². The van der Waals surface area contributed by atoms with Gasteiger partial charge in [0.25, 0.3) is 0 Å². The molecule has 0 aliphatic carbocycles. The molecule has 1 aliphatic rings. The van der Waals surface area contributed by atoms with Gasteiger partial charge in [-0.15, -0.1) is 0 Å². The van der Waals surface area contributed by atoms with Crippen molar-refractivity contribution in [3.05, 3.63) is 0 Å². The average molecular weight is 160 g/mol. The van der Waals surface area contributed by atoms with E-state index in [0.717, 1.165) is 6.42 Å². The molecule has 4 nitrogen and oxygen atoms in total. The number of carboxylic acids is 1. The number of hydrogen-bond acceptors (Lipinski definition) is 3. The molecule has 2 atom stereocenters. The SMILES string of the molecule is COC[C@@H]1CC[C@@H](C(=O)O)O1. The van der Waals surface area contributed by atoms with E-state index in [2.05, 4.69) is 0 Å². The van der Waals surface area contributed by atoms with E-state index in [1.807, 2.05) is 0 Å². The Morgan fingerprint density at radius 3 is 2.91 bits per heavy atom. The molecule has 64 valence electrons. The number of carboxylic acid groups (broad SMARTS) is 1. The molecule has 1 rings (SSSR count). The zero-order chi connectivity index (χ0) is 8.27. The molecule has 0 aromatic heterocycles. The Labute approximate surface area is 65.1 Å². The molecule has 0 aromatic carbocycles. The summed E-state index contributed by atoms with van der Waals surface area (Å²) in [6.07, 6.45) is 0.741. The van der Waals surface area contributed by atoms with Gasteiger partial charge < -0.3 is 14.6 Å². The molecule has 0 amide bonds. The average Bonchev–Trinajstić information content (AvgIpc) is 2.37. The summed E-state index contributed by atoms with van der Waals surface area (Å²) in [5.41, 5.74) is 0. The molecule has 0 spiro atoms. The molecule has 1 heterocycles. The Kier molecular flexibility index (Phi) is 2.84. The predicted octanol–water partition coefficient (Wildman–Crippen LogP) is 0.265. The molecular formula is C7H12O4. The third-order valence-corrected chi connectivity index (χ3v) is 1.74. The normalized spacial score (nSPS) is 30.6. The van der Waals surface area contributed by atoms with Gasteiger partial charge in [0.2, 0.25) is 0 Å². The maximum absolute atomic E-state index is 10.4. The minimum absolute atomic E-state index is 0.0268. The van der Waals surface area contributed by atoms with E-state index in [4.69, 9.17) is 14.6 Å². The van der Waals surface area contributed by atoms with Crippen molar-refractivity contribution in [1.29, 1.82) is 0 Å². The van der Waals surface area contributed by atoms with Gasteiger partial charge >= 0.3 is 5.97 Å². The quantitative estimate of drug-likeness (QED) is 0.643. The van der Waals surface area contributed by atoms with Crippen LogP contribution in [0, 0.1) is 0 Å².